The zero-order valence-electron chi connectivity index (χ0n) is 13.2. The number of hydrogen-bond donors (Lipinski definition) is 2. The second-order valence-corrected chi connectivity index (χ2v) is 4.78. The SMILES string of the molecule is COC(=O)c1ccc(/C=N/NC(=O)C(=O)Nc2cccc(F)c2)cc1. The number of halogens is 1. The molecule has 0 saturated carbocycles. The van der Waals surface area contributed by atoms with E-state index >= 15 is 0 Å². The summed E-state index contributed by atoms with van der Waals surface area (Å²) < 4.78 is 17.6. The Bertz CT molecular complexity index is 819. The third kappa shape index (κ3) is 5.24. The fraction of sp³-hybridized carbons (Fsp3) is 0.0588. The quantitative estimate of drug-likeness (QED) is 0.382. The van der Waals surface area contributed by atoms with E-state index in [4.69, 9.17) is 0 Å². The van der Waals surface area contributed by atoms with Crippen LogP contribution in [0.3, 0.4) is 0 Å². The van der Waals surface area contributed by atoms with Crippen LogP contribution in [0.25, 0.3) is 0 Å². The van der Waals surface area contributed by atoms with Crippen molar-refractivity contribution in [3.05, 3.63) is 65.5 Å². The van der Waals surface area contributed by atoms with E-state index in [0.717, 1.165) is 6.07 Å². The van der Waals surface area contributed by atoms with Gasteiger partial charge in [0.2, 0.25) is 0 Å². The molecule has 0 radical (unpaired) electrons. The van der Waals surface area contributed by atoms with Crippen molar-refractivity contribution < 1.29 is 23.5 Å². The number of amides is 2. The summed E-state index contributed by atoms with van der Waals surface area (Å²) in [5.41, 5.74) is 3.17. The lowest BCUT2D eigenvalue weighted by atomic mass is 10.1. The van der Waals surface area contributed by atoms with Crippen LogP contribution in [-0.4, -0.2) is 31.1 Å². The summed E-state index contributed by atoms with van der Waals surface area (Å²) >= 11 is 0. The zero-order valence-corrected chi connectivity index (χ0v) is 13.2. The van der Waals surface area contributed by atoms with E-state index in [0.29, 0.717) is 11.1 Å². The Morgan fingerprint density at radius 2 is 1.80 bits per heavy atom. The van der Waals surface area contributed by atoms with Crippen LogP contribution >= 0.6 is 0 Å². The minimum atomic E-state index is -1.01. The van der Waals surface area contributed by atoms with E-state index in [1.54, 1.807) is 12.1 Å². The van der Waals surface area contributed by atoms with Gasteiger partial charge in [0.15, 0.2) is 0 Å². The van der Waals surface area contributed by atoms with E-state index < -0.39 is 23.6 Å². The molecule has 0 saturated heterocycles. The molecule has 7 nitrogen and oxygen atoms in total. The summed E-state index contributed by atoms with van der Waals surface area (Å²) in [5, 5.41) is 5.88. The van der Waals surface area contributed by atoms with Gasteiger partial charge in [0.05, 0.1) is 18.9 Å². The molecule has 0 bridgehead atoms. The van der Waals surface area contributed by atoms with Crippen molar-refractivity contribution in [2.24, 2.45) is 5.10 Å². The largest absolute Gasteiger partial charge is 0.465 e. The molecule has 0 unspecified atom stereocenters. The van der Waals surface area contributed by atoms with Gasteiger partial charge in [-0.2, -0.15) is 5.10 Å². The Morgan fingerprint density at radius 1 is 1.08 bits per heavy atom. The van der Waals surface area contributed by atoms with Crippen LogP contribution in [0.5, 0.6) is 0 Å². The Balaban J connectivity index is 1.89. The van der Waals surface area contributed by atoms with Crippen molar-refractivity contribution in [3.63, 3.8) is 0 Å². The van der Waals surface area contributed by atoms with Gasteiger partial charge in [-0.15, -0.1) is 0 Å². The number of esters is 1. The van der Waals surface area contributed by atoms with E-state index in [-0.39, 0.29) is 5.69 Å². The standard InChI is InChI=1S/C17H14FN3O4/c1-25-17(24)12-7-5-11(6-8-12)10-19-21-16(23)15(22)20-14-4-2-3-13(18)9-14/h2-10H,1H3,(H,20,22)(H,21,23)/b19-10+. The van der Waals surface area contributed by atoms with Gasteiger partial charge in [0.1, 0.15) is 5.82 Å². The van der Waals surface area contributed by atoms with Crippen LogP contribution in [0.4, 0.5) is 10.1 Å². The van der Waals surface area contributed by atoms with Crippen molar-refractivity contribution in [1.29, 1.82) is 0 Å². The molecule has 0 fully saturated rings. The van der Waals surface area contributed by atoms with Crippen LogP contribution in [0, 0.1) is 5.82 Å². The number of methoxy groups -OCH3 is 1. The third-order valence-electron chi connectivity index (χ3n) is 3.00. The molecule has 0 aliphatic rings. The highest BCUT2D eigenvalue weighted by atomic mass is 19.1. The predicted molar refractivity (Wildman–Crippen MR) is 88.5 cm³/mol. The Morgan fingerprint density at radius 3 is 2.44 bits per heavy atom. The maximum atomic E-state index is 13.0. The number of carbonyl (C=O) groups excluding carboxylic acids is 3. The van der Waals surface area contributed by atoms with Crippen LogP contribution in [0.2, 0.25) is 0 Å². The number of nitrogens with one attached hydrogen (secondary N) is 2. The minimum absolute atomic E-state index is 0.155. The first kappa shape index (κ1) is 17.8. The Hall–Kier alpha value is -3.55. The molecule has 0 heterocycles. The molecule has 2 amide bonds. The zero-order chi connectivity index (χ0) is 18.2. The lowest BCUT2D eigenvalue weighted by Gasteiger charge is -2.03. The molecule has 2 N–H and O–H groups in total. The molecule has 0 aliphatic heterocycles. The van der Waals surface area contributed by atoms with Gasteiger partial charge < -0.3 is 10.1 Å². The van der Waals surface area contributed by atoms with Gasteiger partial charge in [-0.05, 0) is 35.9 Å². The molecular formula is C17H14FN3O4. The van der Waals surface area contributed by atoms with Crippen molar-refractivity contribution in [2.75, 3.05) is 12.4 Å². The maximum Gasteiger partial charge on any atom is 0.337 e. The lowest BCUT2D eigenvalue weighted by Crippen LogP contribution is -2.32. The summed E-state index contributed by atoms with van der Waals surface area (Å²) in [5.74, 6) is -2.99. The summed E-state index contributed by atoms with van der Waals surface area (Å²) in [7, 11) is 1.28. The fourth-order valence-corrected chi connectivity index (χ4v) is 1.79. The van der Waals surface area contributed by atoms with Gasteiger partial charge >= 0.3 is 17.8 Å². The second kappa shape index (κ2) is 8.34. The molecule has 2 aromatic rings. The molecule has 2 rings (SSSR count). The van der Waals surface area contributed by atoms with Crippen LogP contribution in [0.15, 0.2) is 53.6 Å². The lowest BCUT2D eigenvalue weighted by molar-refractivity contribution is -0.136. The molecule has 0 atom stereocenters. The number of ether oxygens (including phenoxy) is 1. The third-order valence-corrected chi connectivity index (χ3v) is 3.00. The smallest absolute Gasteiger partial charge is 0.337 e. The van der Waals surface area contributed by atoms with Gasteiger partial charge in [-0.3, -0.25) is 9.59 Å². The van der Waals surface area contributed by atoms with E-state index in [9.17, 15) is 18.8 Å². The molecule has 2 aromatic carbocycles. The number of nitrogens with zero attached hydrogens (tertiary/aromatic N) is 1. The average molecular weight is 343 g/mol. The Labute approximate surface area is 142 Å². The summed E-state index contributed by atoms with van der Waals surface area (Å²) in [6.45, 7) is 0. The topological polar surface area (TPSA) is 96.9 Å². The van der Waals surface area contributed by atoms with Crippen LogP contribution in [0.1, 0.15) is 15.9 Å². The number of rotatable bonds is 4. The first-order chi connectivity index (χ1) is 12.0. The van der Waals surface area contributed by atoms with E-state index in [1.807, 2.05) is 5.43 Å². The predicted octanol–water partition coefficient (Wildman–Crippen LogP) is 1.70. The highest BCUT2D eigenvalue weighted by Gasteiger charge is 2.13. The number of hydrogen-bond acceptors (Lipinski definition) is 5. The molecule has 8 heteroatoms. The molecule has 0 aromatic heterocycles. The highest BCUT2D eigenvalue weighted by molar-refractivity contribution is 6.39. The number of hydrazone groups is 1. The highest BCUT2D eigenvalue weighted by Crippen LogP contribution is 2.08. The summed E-state index contributed by atoms with van der Waals surface area (Å²) in [6, 6.07) is 11.4. The van der Waals surface area contributed by atoms with Gasteiger partial charge in [-0.25, -0.2) is 14.6 Å². The normalized spacial score (nSPS) is 10.3. The van der Waals surface area contributed by atoms with Crippen molar-refractivity contribution in [3.8, 4) is 0 Å². The van der Waals surface area contributed by atoms with Crippen molar-refractivity contribution in [2.45, 2.75) is 0 Å². The van der Waals surface area contributed by atoms with E-state index in [1.165, 1.54) is 43.7 Å². The first-order valence-corrected chi connectivity index (χ1v) is 7.08. The minimum Gasteiger partial charge on any atom is -0.465 e. The molecule has 0 spiro atoms. The molecule has 25 heavy (non-hydrogen) atoms. The maximum absolute atomic E-state index is 13.0. The molecule has 128 valence electrons. The number of benzene rings is 2. The van der Waals surface area contributed by atoms with Gasteiger partial charge in [0.25, 0.3) is 0 Å². The summed E-state index contributed by atoms with van der Waals surface area (Å²) in [4.78, 5) is 34.6. The Kier molecular flexibility index (Phi) is 5.94. The average Bonchev–Trinajstić information content (AvgIpc) is 2.61. The fourth-order valence-electron chi connectivity index (χ4n) is 1.79. The van der Waals surface area contributed by atoms with Crippen LogP contribution in [-0.2, 0) is 14.3 Å². The first-order valence-electron chi connectivity index (χ1n) is 7.08. The van der Waals surface area contributed by atoms with E-state index in [2.05, 4.69) is 15.2 Å². The summed E-state index contributed by atoms with van der Waals surface area (Å²) in [6.07, 6.45) is 1.30. The van der Waals surface area contributed by atoms with Gasteiger partial charge in [0, 0.05) is 5.69 Å². The van der Waals surface area contributed by atoms with Crippen LogP contribution < -0.4 is 10.7 Å². The van der Waals surface area contributed by atoms with Crippen molar-refractivity contribution in [1.82, 2.24) is 5.43 Å². The number of anilines is 1. The van der Waals surface area contributed by atoms with Crippen molar-refractivity contribution >= 4 is 29.7 Å². The monoisotopic (exact) mass is 343 g/mol. The van der Waals surface area contributed by atoms with Gasteiger partial charge in [-0.1, -0.05) is 18.2 Å². The number of carbonyl (C=O) groups is 3. The molecular weight excluding hydrogens is 329 g/mol. The molecule has 0 aliphatic carbocycles. The second-order valence-electron chi connectivity index (χ2n) is 4.78.